The van der Waals surface area contributed by atoms with E-state index in [2.05, 4.69) is 20.6 Å². The Morgan fingerprint density at radius 1 is 1.07 bits per heavy atom. The molecule has 3 heterocycles. The van der Waals surface area contributed by atoms with Crippen LogP contribution in [0.2, 0.25) is 0 Å². The number of aryl methyl sites for hydroxylation is 2. The predicted molar refractivity (Wildman–Crippen MR) is 113 cm³/mol. The highest BCUT2D eigenvalue weighted by molar-refractivity contribution is 7.19. The standard InChI is InChI=1S/C21H29N5OS/c27-18(26-10-1-2-11-26)12-22-14-6-8-15(9-7-14)25-20-19-16-4-3-5-17(16)28-21(19)24-13-23-20/h13-15,22H,1-12H2,(H,23,24,25). The average Bonchev–Trinajstić information content (AvgIpc) is 3.44. The summed E-state index contributed by atoms with van der Waals surface area (Å²) >= 11 is 1.85. The monoisotopic (exact) mass is 399 g/mol. The molecule has 0 aromatic carbocycles. The van der Waals surface area contributed by atoms with Gasteiger partial charge in [-0.2, -0.15) is 0 Å². The number of nitrogens with one attached hydrogen (secondary N) is 2. The van der Waals surface area contributed by atoms with Gasteiger partial charge in [-0.25, -0.2) is 9.97 Å². The van der Waals surface area contributed by atoms with Gasteiger partial charge in [0.15, 0.2) is 0 Å². The van der Waals surface area contributed by atoms with Crippen LogP contribution < -0.4 is 10.6 Å². The Labute approximate surface area is 170 Å². The van der Waals surface area contributed by atoms with Gasteiger partial charge in [-0.1, -0.05) is 0 Å². The van der Waals surface area contributed by atoms with E-state index in [0.717, 1.165) is 62.3 Å². The third-order valence-electron chi connectivity index (χ3n) is 6.57. The van der Waals surface area contributed by atoms with E-state index in [0.29, 0.717) is 18.6 Å². The molecule has 0 unspecified atom stereocenters. The quantitative estimate of drug-likeness (QED) is 0.808. The van der Waals surface area contributed by atoms with Crippen LogP contribution in [0.25, 0.3) is 10.2 Å². The molecule has 2 aromatic rings. The molecule has 0 bridgehead atoms. The van der Waals surface area contributed by atoms with Gasteiger partial charge in [0, 0.05) is 30.1 Å². The number of hydrogen-bond acceptors (Lipinski definition) is 6. The average molecular weight is 400 g/mol. The van der Waals surface area contributed by atoms with Crippen molar-refractivity contribution in [2.75, 3.05) is 25.0 Å². The largest absolute Gasteiger partial charge is 0.367 e. The zero-order chi connectivity index (χ0) is 18.9. The number of likely N-dealkylation sites (tertiary alicyclic amines) is 1. The number of carbonyl (C=O) groups excluding carboxylic acids is 1. The van der Waals surface area contributed by atoms with Crippen LogP contribution in [0.4, 0.5) is 5.82 Å². The molecule has 1 amide bonds. The van der Waals surface area contributed by atoms with Gasteiger partial charge in [-0.05, 0) is 63.4 Å². The SMILES string of the molecule is O=C(CNC1CCC(Nc2ncnc3sc4c(c23)CCC4)CC1)N1CCCC1. The molecule has 150 valence electrons. The van der Waals surface area contributed by atoms with Crippen molar-refractivity contribution in [2.24, 2.45) is 0 Å². The minimum Gasteiger partial charge on any atom is -0.367 e. The second-order valence-electron chi connectivity index (χ2n) is 8.42. The van der Waals surface area contributed by atoms with E-state index in [1.54, 1.807) is 6.33 Å². The number of fused-ring (bicyclic) bond motifs is 3. The van der Waals surface area contributed by atoms with Gasteiger partial charge in [0.25, 0.3) is 0 Å². The zero-order valence-corrected chi connectivity index (χ0v) is 17.2. The van der Waals surface area contributed by atoms with Gasteiger partial charge >= 0.3 is 0 Å². The Balaban J connectivity index is 1.16. The van der Waals surface area contributed by atoms with Crippen LogP contribution in [0, 0.1) is 0 Å². The van der Waals surface area contributed by atoms with Crippen LogP contribution in [-0.4, -0.2) is 52.5 Å². The lowest BCUT2D eigenvalue weighted by molar-refractivity contribution is -0.129. The molecule has 0 radical (unpaired) electrons. The van der Waals surface area contributed by atoms with Gasteiger partial charge in [-0.3, -0.25) is 4.79 Å². The van der Waals surface area contributed by atoms with E-state index in [1.807, 2.05) is 16.2 Å². The Kier molecular flexibility index (Phi) is 5.20. The summed E-state index contributed by atoms with van der Waals surface area (Å²) in [5.41, 5.74) is 1.49. The van der Waals surface area contributed by atoms with Crippen molar-refractivity contribution in [3.8, 4) is 0 Å². The van der Waals surface area contributed by atoms with Crippen LogP contribution >= 0.6 is 11.3 Å². The van der Waals surface area contributed by atoms with E-state index < -0.39 is 0 Å². The minimum atomic E-state index is 0.271. The van der Waals surface area contributed by atoms with Crippen molar-refractivity contribution in [2.45, 2.75) is 69.9 Å². The first-order chi connectivity index (χ1) is 13.8. The maximum absolute atomic E-state index is 12.2. The molecule has 2 aromatic heterocycles. The van der Waals surface area contributed by atoms with Crippen molar-refractivity contribution in [1.82, 2.24) is 20.2 Å². The summed E-state index contributed by atoms with van der Waals surface area (Å²) in [7, 11) is 0. The summed E-state index contributed by atoms with van der Waals surface area (Å²) in [5.74, 6) is 1.30. The Morgan fingerprint density at radius 2 is 1.86 bits per heavy atom. The van der Waals surface area contributed by atoms with Crippen LogP contribution in [-0.2, 0) is 17.6 Å². The summed E-state index contributed by atoms with van der Waals surface area (Å²) < 4.78 is 0. The summed E-state index contributed by atoms with van der Waals surface area (Å²) in [5, 5.41) is 8.50. The molecule has 2 aliphatic carbocycles. The third kappa shape index (κ3) is 3.62. The number of hydrogen-bond donors (Lipinski definition) is 2. The highest BCUT2D eigenvalue weighted by Gasteiger charge is 2.26. The number of amides is 1. The van der Waals surface area contributed by atoms with Crippen molar-refractivity contribution in [3.05, 3.63) is 16.8 Å². The fraction of sp³-hybridized carbons (Fsp3) is 0.667. The maximum Gasteiger partial charge on any atom is 0.236 e. The second kappa shape index (κ2) is 7.95. The summed E-state index contributed by atoms with van der Waals surface area (Å²) in [4.78, 5) is 26.0. The lowest BCUT2D eigenvalue weighted by Crippen LogP contribution is -2.43. The predicted octanol–water partition coefficient (Wildman–Crippen LogP) is 3.12. The molecule has 2 N–H and O–H groups in total. The summed E-state index contributed by atoms with van der Waals surface area (Å²) in [6.07, 6.45) is 12.1. The molecule has 1 aliphatic heterocycles. The number of rotatable bonds is 5. The number of carbonyl (C=O) groups is 1. The van der Waals surface area contributed by atoms with E-state index in [9.17, 15) is 4.79 Å². The molecule has 6 nitrogen and oxygen atoms in total. The lowest BCUT2D eigenvalue weighted by Gasteiger charge is -2.30. The van der Waals surface area contributed by atoms with Crippen molar-refractivity contribution in [1.29, 1.82) is 0 Å². The van der Waals surface area contributed by atoms with Gasteiger partial charge in [0.1, 0.15) is 17.0 Å². The van der Waals surface area contributed by atoms with Crippen LogP contribution in [0.1, 0.15) is 55.4 Å². The molecule has 0 atom stereocenters. The van der Waals surface area contributed by atoms with Crippen LogP contribution in [0.15, 0.2) is 6.33 Å². The lowest BCUT2D eigenvalue weighted by atomic mass is 9.91. The smallest absolute Gasteiger partial charge is 0.236 e. The molecule has 28 heavy (non-hydrogen) atoms. The first-order valence-corrected chi connectivity index (χ1v) is 11.6. The molecule has 1 saturated carbocycles. The molecule has 5 rings (SSSR count). The van der Waals surface area contributed by atoms with Crippen LogP contribution in [0.5, 0.6) is 0 Å². The molecule has 2 fully saturated rings. The van der Waals surface area contributed by atoms with Gasteiger partial charge < -0.3 is 15.5 Å². The first kappa shape index (κ1) is 18.3. The molecular formula is C21H29N5OS. The van der Waals surface area contributed by atoms with Gasteiger partial charge in [-0.15, -0.1) is 11.3 Å². The number of aromatic nitrogens is 2. The van der Waals surface area contributed by atoms with Crippen molar-refractivity contribution < 1.29 is 4.79 Å². The van der Waals surface area contributed by atoms with E-state index in [4.69, 9.17) is 0 Å². The number of thiophene rings is 1. The molecule has 3 aliphatic rings. The molecular weight excluding hydrogens is 370 g/mol. The molecule has 7 heteroatoms. The Hall–Kier alpha value is -1.73. The Morgan fingerprint density at radius 3 is 2.68 bits per heavy atom. The zero-order valence-electron chi connectivity index (χ0n) is 16.4. The highest BCUT2D eigenvalue weighted by Crippen LogP contribution is 2.39. The van der Waals surface area contributed by atoms with Crippen molar-refractivity contribution >= 4 is 33.3 Å². The minimum absolute atomic E-state index is 0.271. The normalized spacial score (nSPS) is 24.6. The van der Waals surface area contributed by atoms with E-state index in [1.165, 1.54) is 35.1 Å². The summed E-state index contributed by atoms with van der Waals surface area (Å²) in [6.45, 7) is 2.38. The highest BCUT2D eigenvalue weighted by atomic mass is 32.1. The van der Waals surface area contributed by atoms with E-state index in [-0.39, 0.29) is 5.91 Å². The van der Waals surface area contributed by atoms with Crippen molar-refractivity contribution in [3.63, 3.8) is 0 Å². The van der Waals surface area contributed by atoms with Gasteiger partial charge in [0.2, 0.25) is 5.91 Å². The number of nitrogens with zero attached hydrogens (tertiary/aromatic N) is 3. The summed E-state index contributed by atoms with van der Waals surface area (Å²) in [6, 6.07) is 0.919. The third-order valence-corrected chi connectivity index (χ3v) is 7.77. The Bertz CT molecular complexity index is 852. The van der Waals surface area contributed by atoms with Gasteiger partial charge in [0.05, 0.1) is 11.9 Å². The second-order valence-corrected chi connectivity index (χ2v) is 9.51. The topological polar surface area (TPSA) is 70.1 Å². The maximum atomic E-state index is 12.2. The van der Waals surface area contributed by atoms with E-state index >= 15 is 0 Å². The fourth-order valence-corrected chi connectivity index (χ4v) is 6.21. The molecule has 0 spiro atoms. The number of anilines is 1. The first-order valence-electron chi connectivity index (χ1n) is 10.8. The van der Waals surface area contributed by atoms with Crippen LogP contribution in [0.3, 0.4) is 0 Å². The molecule has 1 saturated heterocycles. The fourth-order valence-electron chi connectivity index (χ4n) is 4.98.